The van der Waals surface area contributed by atoms with Crippen LogP contribution >= 0.6 is 11.6 Å². The average molecular weight is 306 g/mol. The third-order valence-corrected chi connectivity index (χ3v) is 5.29. The van der Waals surface area contributed by atoms with Gasteiger partial charge >= 0.3 is 0 Å². The Kier molecular flexibility index (Phi) is 4.35. The third kappa shape index (κ3) is 2.86. The highest BCUT2D eigenvalue weighted by Crippen LogP contribution is 2.31. The molecule has 5 nitrogen and oxygen atoms in total. The van der Waals surface area contributed by atoms with E-state index in [4.69, 9.17) is 21.1 Å². The van der Waals surface area contributed by atoms with E-state index in [-0.39, 0.29) is 10.9 Å². The van der Waals surface area contributed by atoms with E-state index in [9.17, 15) is 8.42 Å². The van der Waals surface area contributed by atoms with Crippen molar-refractivity contribution in [1.29, 1.82) is 0 Å². The molecule has 1 aromatic rings. The molecule has 1 unspecified atom stereocenters. The van der Waals surface area contributed by atoms with Gasteiger partial charge in [-0.15, -0.1) is 0 Å². The van der Waals surface area contributed by atoms with Crippen molar-refractivity contribution in [2.24, 2.45) is 0 Å². The predicted molar refractivity (Wildman–Crippen MR) is 72.2 cm³/mol. The zero-order valence-corrected chi connectivity index (χ0v) is 12.4. The summed E-state index contributed by atoms with van der Waals surface area (Å²) in [4.78, 5) is 0.0938. The van der Waals surface area contributed by atoms with Gasteiger partial charge < -0.3 is 9.47 Å². The van der Waals surface area contributed by atoms with Crippen LogP contribution in [0.5, 0.6) is 5.75 Å². The number of morpholine rings is 1. The lowest BCUT2D eigenvalue weighted by Gasteiger charge is -2.32. The summed E-state index contributed by atoms with van der Waals surface area (Å²) in [6, 6.07) is 4.36. The molecule has 1 atom stereocenters. The first kappa shape index (κ1) is 14.6. The Bertz CT molecular complexity index is 561. The average Bonchev–Trinajstić information content (AvgIpc) is 2.39. The number of hydrogen-bond donors (Lipinski definition) is 0. The highest BCUT2D eigenvalue weighted by atomic mass is 35.5. The molecule has 1 saturated heterocycles. The summed E-state index contributed by atoms with van der Waals surface area (Å²) in [5, 5.41) is 0.361. The van der Waals surface area contributed by atoms with Crippen LogP contribution in [-0.4, -0.2) is 45.6 Å². The number of nitrogens with zero attached hydrogens (tertiary/aromatic N) is 1. The lowest BCUT2D eigenvalue weighted by atomic mass is 10.3. The maximum Gasteiger partial charge on any atom is 0.247 e. The lowest BCUT2D eigenvalue weighted by molar-refractivity contribution is 0.0392. The molecule has 1 heterocycles. The first-order valence-corrected chi connectivity index (χ1v) is 7.71. The number of rotatable bonds is 3. The van der Waals surface area contributed by atoms with E-state index in [1.54, 1.807) is 12.1 Å². The van der Waals surface area contributed by atoms with Crippen LogP contribution in [0, 0.1) is 0 Å². The van der Waals surface area contributed by atoms with Crippen LogP contribution in [0.15, 0.2) is 23.1 Å². The van der Waals surface area contributed by atoms with Crippen LogP contribution in [0.3, 0.4) is 0 Å². The molecular weight excluding hydrogens is 290 g/mol. The Morgan fingerprint density at radius 2 is 2.21 bits per heavy atom. The second-order valence-corrected chi connectivity index (χ2v) is 6.63. The molecule has 106 valence electrons. The normalized spacial score (nSPS) is 21.3. The number of ether oxygens (including phenoxy) is 2. The van der Waals surface area contributed by atoms with Crippen molar-refractivity contribution in [1.82, 2.24) is 4.31 Å². The maximum atomic E-state index is 12.7. The van der Waals surface area contributed by atoms with Gasteiger partial charge in [0, 0.05) is 17.6 Å². The molecule has 0 aromatic heterocycles. The summed E-state index contributed by atoms with van der Waals surface area (Å²) < 4.78 is 37.1. The first-order chi connectivity index (χ1) is 8.96. The van der Waals surface area contributed by atoms with E-state index in [0.29, 0.717) is 30.5 Å². The molecule has 1 aliphatic heterocycles. The Morgan fingerprint density at radius 1 is 1.47 bits per heavy atom. The predicted octanol–water partition coefficient (Wildman–Crippen LogP) is 1.76. The van der Waals surface area contributed by atoms with Gasteiger partial charge in [-0.25, -0.2) is 8.42 Å². The number of sulfonamides is 1. The maximum absolute atomic E-state index is 12.7. The van der Waals surface area contributed by atoms with Gasteiger partial charge in [0.15, 0.2) is 0 Å². The zero-order chi connectivity index (χ0) is 14.0. The minimum absolute atomic E-state index is 0.0938. The Balaban J connectivity index is 2.46. The van der Waals surface area contributed by atoms with Crippen molar-refractivity contribution in [2.75, 3.05) is 26.9 Å². The molecule has 7 heteroatoms. The molecule has 0 radical (unpaired) electrons. The van der Waals surface area contributed by atoms with Gasteiger partial charge in [-0.3, -0.25) is 0 Å². The summed E-state index contributed by atoms with van der Waals surface area (Å²) >= 11 is 5.89. The number of methoxy groups -OCH3 is 1. The fourth-order valence-corrected chi connectivity index (χ4v) is 4.07. The zero-order valence-electron chi connectivity index (χ0n) is 10.8. The molecule has 1 fully saturated rings. The molecule has 0 spiro atoms. The number of halogens is 1. The Morgan fingerprint density at radius 3 is 2.84 bits per heavy atom. The second kappa shape index (κ2) is 5.66. The van der Waals surface area contributed by atoms with Crippen molar-refractivity contribution in [3.8, 4) is 5.75 Å². The largest absolute Gasteiger partial charge is 0.495 e. The van der Waals surface area contributed by atoms with Crippen LogP contribution in [0.4, 0.5) is 0 Å². The quantitative estimate of drug-likeness (QED) is 0.854. The van der Waals surface area contributed by atoms with E-state index < -0.39 is 10.0 Å². The van der Waals surface area contributed by atoms with Crippen molar-refractivity contribution >= 4 is 21.6 Å². The smallest absolute Gasteiger partial charge is 0.247 e. The number of hydrogen-bond acceptors (Lipinski definition) is 4. The van der Waals surface area contributed by atoms with E-state index in [0.717, 1.165) is 0 Å². The summed E-state index contributed by atoms with van der Waals surface area (Å²) in [5.41, 5.74) is 0. The fraction of sp³-hybridized carbons (Fsp3) is 0.500. The van der Waals surface area contributed by atoms with Crippen LogP contribution in [0.2, 0.25) is 5.02 Å². The minimum Gasteiger partial charge on any atom is -0.495 e. The highest BCUT2D eigenvalue weighted by Gasteiger charge is 2.33. The van der Waals surface area contributed by atoms with Gasteiger partial charge in [0.25, 0.3) is 0 Å². The van der Waals surface area contributed by atoms with E-state index in [1.807, 2.05) is 6.92 Å². The van der Waals surface area contributed by atoms with Crippen LogP contribution < -0.4 is 4.74 Å². The molecule has 0 aliphatic carbocycles. The molecule has 1 aliphatic rings. The molecule has 2 rings (SSSR count). The van der Waals surface area contributed by atoms with Gasteiger partial charge in [0.1, 0.15) is 10.6 Å². The molecule has 19 heavy (non-hydrogen) atoms. The molecular formula is C12H16ClNO4S. The van der Waals surface area contributed by atoms with Crippen molar-refractivity contribution in [3.63, 3.8) is 0 Å². The van der Waals surface area contributed by atoms with E-state index in [2.05, 4.69) is 0 Å². The van der Waals surface area contributed by atoms with Gasteiger partial charge in [0.2, 0.25) is 10.0 Å². The summed E-state index contributed by atoms with van der Waals surface area (Å²) in [5.74, 6) is 0.295. The summed E-state index contributed by atoms with van der Waals surface area (Å²) in [7, 11) is -2.20. The molecule has 0 N–H and O–H groups in total. The van der Waals surface area contributed by atoms with E-state index in [1.165, 1.54) is 17.5 Å². The van der Waals surface area contributed by atoms with Crippen molar-refractivity contribution in [3.05, 3.63) is 23.2 Å². The highest BCUT2D eigenvalue weighted by molar-refractivity contribution is 7.89. The van der Waals surface area contributed by atoms with E-state index >= 15 is 0 Å². The van der Waals surface area contributed by atoms with Gasteiger partial charge in [0.05, 0.1) is 20.3 Å². The lowest BCUT2D eigenvalue weighted by Crippen LogP contribution is -2.47. The molecule has 0 saturated carbocycles. The molecule has 1 aromatic carbocycles. The Labute approximate surface area is 118 Å². The van der Waals surface area contributed by atoms with Gasteiger partial charge in [-0.2, -0.15) is 4.31 Å². The minimum atomic E-state index is -3.63. The Hall–Kier alpha value is -0.820. The third-order valence-electron chi connectivity index (χ3n) is 3.02. The van der Waals surface area contributed by atoms with Crippen molar-refractivity contribution in [2.45, 2.75) is 17.9 Å². The van der Waals surface area contributed by atoms with Crippen molar-refractivity contribution < 1.29 is 17.9 Å². The van der Waals surface area contributed by atoms with Crippen LogP contribution in [-0.2, 0) is 14.8 Å². The summed E-state index contributed by atoms with van der Waals surface area (Å²) in [6.07, 6.45) is 0. The number of benzene rings is 1. The van der Waals surface area contributed by atoms with Gasteiger partial charge in [-0.05, 0) is 25.1 Å². The standard InChI is InChI=1S/C12H16ClNO4S/c1-9-8-18-6-5-14(9)19(15,16)12-7-10(13)3-4-11(12)17-2/h3-4,7,9H,5-6,8H2,1-2H3. The summed E-state index contributed by atoms with van der Waals surface area (Å²) in [6.45, 7) is 2.93. The monoisotopic (exact) mass is 305 g/mol. The first-order valence-electron chi connectivity index (χ1n) is 5.90. The SMILES string of the molecule is COc1ccc(Cl)cc1S(=O)(=O)N1CCOCC1C. The molecule has 0 amide bonds. The van der Waals surface area contributed by atoms with Crippen LogP contribution in [0.25, 0.3) is 0 Å². The topological polar surface area (TPSA) is 55.8 Å². The fourth-order valence-electron chi connectivity index (χ4n) is 2.05. The second-order valence-electron chi connectivity index (χ2n) is 4.33. The molecule has 0 bridgehead atoms. The van der Waals surface area contributed by atoms with Gasteiger partial charge in [-0.1, -0.05) is 11.6 Å². The van der Waals surface area contributed by atoms with Crippen LogP contribution in [0.1, 0.15) is 6.92 Å².